The Morgan fingerprint density at radius 1 is 0.667 bits per heavy atom. The molecule has 1 aliphatic carbocycles. The van der Waals surface area contributed by atoms with Crippen molar-refractivity contribution in [1.29, 1.82) is 0 Å². The Balaban J connectivity index is 2.15. The number of halogens is 7. The lowest BCUT2D eigenvalue weighted by Crippen LogP contribution is -2.46. The number of nitrogens with zero attached hydrogens (tertiary/aromatic N) is 2. The van der Waals surface area contributed by atoms with Gasteiger partial charge in [0.25, 0.3) is 20.0 Å². The Labute approximate surface area is 224 Å². The summed E-state index contributed by atoms with van der Waals surface area (Å²) >= 11 is 42.9. The average Bonchev–Trinajstić information content (AvgIpc) is 2.74. The highest BCUT2D eigenvalue weighted by Gasteiger charge is 2.50. The van der Waals surface area contributed by atoms with Gasteiger partial charge >= 0.3 is 0 Å². The average molecular weight is 630 g/mol. The molecule has 0 bridgehead atoms. The van der Waals surface area contributed by atoms with Crippen molar-refractivity contribution in [1.82, 2.24) is 0 Å². The SMILES string of the molecule is O=S(=O)(/N=C1C(Cl)=C(Cl)/C(=N\S(=O)(=O)c2ccc(Cl)cc2)C(Cl)(Cl)C/1Cl)c1ccc(Cl)cc1. The van der Waals surface area contributed by atoms with E-state index in [1.165, 1.54) is 48.5 Å². The number of alkyl halides is 3. The van der Waals surface area contributed by atoms with Crippen molar-refractivity contribution in [2.45, 2.75) is 19.5 Å². The van der Waals surface area contributed by atoms with Crippen molar-refractivity contribution in [3.05, 3.63) is 68.6 Å². The maximum Gasteiger partial charge on any atom is 0.282 e. The molecule has 15 heteroatoms. The summed E-state index contributed by atoms with van der Waals surface area (Å²) in [7, 11) is -8.71. The van der Waals surface area contributed by atoms with Gasteiger partial charge in [0.1, 0.15) is 11.1 Å². The molecule has 0 amide bonds. The third-order valence-corrected chi connectivity index (χ3v) is 9.65. The standard InChI is InChI=1S/C18H9Cl7N2O4S2/c19-9-1-5-11(6-2-9)32(28,29)26-15-13(21)14(22)17(18(24,25)16(15)23)27-33(30,31)12-7-3-10(20)4-8-12/h1-8,16H/b26-15-,27-17+. The second-order valence-electron chi connectivity index (χ2n) is 6.39. The maximum absolute atomic E-state index is 12.7. The molecule has 0 radical (unpaired) electrons. The molecule has 0 heterocycles. The zero-order valence-corrected chi connectivity index (χ0v) is 22.6. The number of sulfonamides is 2. The van der Waals surface area contributed by atoms with Crippen LogP contribution in [0.25, 0.3) is 0 Å². The lowest BCUT2D eigenvalue weighted by atomic mass is 10.0. The van der Waals surface area contributed by atoms with E-state index in [4.69, 9.17) is 81.2 Å². The zero-order valence-electron chi connectivity index (χ0n) is 15.7. The number of allylic oxidation sites excluding steroid dienone is 2. The minimum absolute atomic E-state index is 0.219. The maximum atomic E-state index is 12.7. The van der Waals surface area contributed by atoms with E-state index in [0.717, 1.165) is 0 Å². The largest absolute Gasteiger partial charge is 0.282 e. The van der Waals surface area contributed by atoms with Crippen molar-refractivity contribution < 1.29 is 16.8 Å². The predicted molar refractivity (Wildman–Crippen MR) is 135 cm³/mol. The molecule has 0 aliphatic heterocycles. The summed E-state index contributed by atoms with van der Waals surface area (Å²) < 4.78 is 55.8. The second kappa shape index (κ2) is 9.84. The third kappa shape index (κ3) is 5.66. The molecule has 1 aliphatic rings. The smallest absolute Gasteiger partial charge is 0.199 e. The summed E-state index contributed by atoms with van der Waals surface area (Å²) in [4.78, 5) is -0.455. The highest BCUT2D eigenvalue weighted by atomic mass is 35.5. The fraction of sp³-hybridized carbons (Fsp3) is 0.111. The van der Waals surface area contributed by atoms with Crippen LogP contribution in [0.1, 0.15) is 0 Å². The van der Waals surface area contributed by atoms with Crippen LogP contribution >= 0.6 is 81.2 Å². The first-order chi connectivity index (χ1) is 15.2. The van der Waals surface area contributed by atoms with Crippen molar-refractivity contribution in [3.8, 4) is 0 Å². The first-order valence-electron chi connectivity index (χ1n) is 8.46. The molecule has 3 rings (SSSR count). The molecule has 6 nitrogen and oxygen atoms in total. The fourth-order valence-electron chi connectivity index (χ4n) is 2.52. The van der Waals surface area contributed by atoms with Crippen molar-refractivity contribution in [2.24, 2.45) is 8.80 Å². The summed E-state index contributed by atoms with van der Waals surface area (Å²) in [5.41, 5.74) is -1.10. The summed E-state index contributed by atoms with van der Waals surface area (Å²) in [6.45, 7) is 0. The Hall–Kier alpha value is -0.550. The molecular weight excluding hydrogens is 621 g/mol. The molecule has 33 heavy (non-hydrogen) atoms. The normalized spacial score (nSPS) is 21.6. The molecule has 1 unspecified atom stereocenters. The quantitative estimate of drug-likeness (QED) is 0.364. The minimum Gasteiger partial charge on any atom is -0.199 e. The first kappa shape index (κ1) is 27.0. The van der Waals surface area contributed by atoms with Crippen LogP contribution in [0, 0.1) is 0 Å². The van der Waals surface area contributed by atoms with E-state index in [2.05, 4.69) is 8.80 Å². The summed E-state index contributed by atoms with van der Waals surface area (Å²) in [5, 5.41) is -2.07. The number of hydrogen-bond donors (Lipinski definition) is 0. The van der Waals surface area contributed by atoms with Crippen molar-refractivity contribution >= 4 is 113 Å². The topological polar surface area (TPSA) is 93.0 Å². The van der Waals surface area contributed by atoms with Gasteiger partial charge in [0.2, 0.25) is 0 Å². The van der Waals surface area contributed by atoms with Gasteiger partial charge in [-0.3, -0.25) is 0 Å². The van der Waals surface area contributed by atoms with Crippen LogP contribution in [0.2, 0.25) is 10.0 Å². The van der Waals surface area contributed by atoms with Crippen LogP contribution in [0.15, 0.2) is 77.2 Å². The Kier molecular flexibility index (Phi) is 8.06. The van der Waals surface area contributed by atoms with Gasteiger partial charge in [-0.05, 0) is 48.5 Å². The Morgan fingerprint density at radius 2 is 1.06 bits per heavy atom. The molecule has 0 N–H and O–H groups in total. The highest BCUT2D eigenvalue weighted by molar-refractivity contribution is 7.90. The number of hydrogen-bond acceptors (Lipinski definition) is 4. The van der Waals surface area contributed by atoms with Gasteiger partial charge in [0.15, 0.2) is 4.33 Å². The van der Waals surface area contributed by atoms with Gasteiger partial charge in [-0.15, -0.1) is 11.6 Å². The minimum atomic E-state index is -4.37. The number of benzene rings is 2. The molecule has 0 saturated heterocycles. The molecule has 2 aromatic carbocycles. The molecule has 0 fully saturated rings. The Morgan fingerprint density at radius 3 is 1.48 bits per heavy atom. The van der Waals surface area contributed by atoms with E-state index in [-0.39, 0.29) is 9.79 Å². The third-order valence-electron chi connectivity index (χ3n) is 4.15. The van der Waals surface area contributed by atoms with Crippen LogP contribution in [0.5, 0.6) is 0 Å². The summed E-state index contributed by atoms with van der Waals surface area (Å²) in [6, 6.07) is 10.2. The lowest BCUT2D eigenvalue weighted by Gasteiger charge is -2.32. The van der Waals surface area contributed by atoms with Gasteiger partial charge in [-0.2, -0.15) is 25.6 Å². The molecule has 1 atom stereocenters. The van der Waals surface area contributed by atoms with Gasteiger partial charge in [0, 0.05) is 10.0 Å². The Bertz CT molecular complexity index is 1400. The summed E-state index contributed by atoms with van der Waals surface area (Å²) in [5.74, 6) is 0. The van der Waals surface area contributed by atoms with E-state index < -0.39 is 51.2 Å². The van der Waals surface area contributed by atoms with E-state index >= 15 is 0 Å². The van der Waals surface area contributed by atoms with E-state index in [9.17, 15) is 16.8 Å². The van der Waals surface area contributed by atoms with Crippen LogP contribution in [-0.2, 0) is 20.0 Å². The van der Waals surface area contributed by atoms with Crippen LogP contribution in [0.4, 0.5) is 0 Å². The van der Waals surface area contributed by atoms with Gasteiger partial charge in [-0.1, -0.05) is 69.6 Å². The molecule has 2 aromatic rings. The fourth-order valence-corrected chi connectivity index (χ4v) is 6.56. The first-order valence-corrected chi connectivity index (χ1v) is 14.0. The second-order valence-corrected chi connectivity index (χ2v) is 13.0. The predicted octanol–water partition coefficient (Wildman–Crippen LogP) is 6.44. The van der Waals surface area contributed by atoms with Crippen LogP contribution in [-0.4, -0.2) is 38.0 Å². The monoisotopic (exact) mass is 626 g/mol. The number of rotatable bonds is 4. The van der Waals surface area contributed by atoms with Crippen molar-refractivity contribution in [3.63, 3.8) is 0 Å². The van der Waals surface area contributed by atoms with Crippen molar-refractivity contribution in [2.75, 3.05) is 0 Å². The van der Waals surface area contributed by atoms with E-state index in [1.807, 2.05) is 0 Å². The highest BCUT2D eigenvalue weighted by Crippen LogP contribution is 2.44. The molecule has 0 saturated carbocycles. The van der Waals surface area contributed by atoms with Gasteiger partial charge < -0.3 is 0 Å². The molecular formula is C18H9Cl7N2O4S2. The summed E-state index contributed by atoms with van der Waals surface area (Å²) in [6.07, 6.45) is 0. The van der Waals surface area contributed by atoms with E-state index in [0.29, 0.717) is 10.0 Å². The van der Waals surface area contributed by atoms with Crippen LogP contribution < -0.4 is 0 Å². The van der Waals surface area contributed by atoms with Gasteiger partial charge in [-0.25, -0.2) is 0 Å². The van der Waals surface area contributed by atoms with Crippen LogP contribution in [0.3, 0.4) is 0 Å². The molecule has 0 spiro atoms. The van der Waals surface area contributed by atoms with Gasteiger partial charge in [0.05, 0.1) is 25.6 Å². The van der Waals surface area contributed by atoms with E-state index in [1.54, 1.807) is 0 Å². The molecule has 176 valence electrons. The zero-order chi connectivity index (χ0) is 24.8. The lowest BCUT2D eigenvalue weighted by molar-refractivity contribution is 0.596. The molecule has 0 aromatic heterocycles.